The molecule has 8 nitrogen and oxygen atoms in total. The maximum atomic E-state index is 13.6. The standard InChI is InChI=1S/C21H20F3N7O/c1-12-3-2-4-15(18(12)31-27-7-8-28-31)19(32)30-14-5-6-17(30)16(9-14)29-20-25-10-13(11-26-20)21(22,23)24/h2-4,7-8,10-11,14,16-17H,5-6,9H2,1H3,(H,25,26,29)/t14-,16-,17+/m1/s1. The van der Waals surface area contributed by atoms with Crippen molar-refractivity contribution in [3.05, 3.63) is 59.7 Å². The lowest BCUT2D eigenvalue weighted by atomic mass is 9.96. The molecule has 2 fully saturated rings. The number of nitrogens with zero attached hydrogens (tertiary/aromatic N) is 6. The third kappa shape index (κ3) is 3.47. The molecule has 2 bridgehead atoms. The Morgan fingerprint density at radius 3 is 2.53 bits per heavy atom. The Kier molecular flexibility index (Phi) is 4.83. The number of para-hydroxylation sites is 1. The number of anilines is 1. The van der Waals surface area contributed by atoms with Crippen molar-refractivity contribution >= 4 is 11.9 Å². The minimum absolute atomic E-state index is 0.0402. The van der Waals surface area contributed by atoms with E-state index in [1.54, 1.807) is 18.5 Å². The van der Waals surface area contributed by atoms with Crippen molar-refractivity contribution in [1.29, 1.82) is 0 Å². The van der Waals surface area contributed by atoms with Crippen LogP contribution >= 0.6 is 0 Å². The SMILES string of the molecule is Cc1cccc(C(=O)N2[C@@H]3CC[C@H]2[C@H](Nc2ncc(C(F)(F)F)cn2)C3)c1-n1nccn1. The van der Waals surface area contributed by atoms with E-state index in [0.717, 1.165) is 30.8 Å². The zero-order valence-electron chi connectivity index (χ0n) is 17.1. The van der Waals surface area contributed by atoms with Crippen molar-refractivity contribution in [1.82, 2.24) is 29.9 Å². The van der Waals surface area contributed by atoms with Crippen LogP contribution in [0.15, 0.2) is 43.0 Å². The van der Waals surface area contributed by atoms with Gasteiger partial charge in [0, 0.05) is 18.4 Å². The van der Waals surface area contributed by atoms with E-state index >= 15 is 0 Å². The van der Waals surface area contributed by atoms with Gasteiger partial charge in [-0.3, -0.25) is 4.79 Å². The third-order valence-electron chi connectivity index (χ3n) is 6.15. The van der Waals surface area contributed by atoms with E-state index in [-0.39, 0.29) is 30.0 Å². The first-order valence-corrected chi connectivity index (χ1v) is 10.3. The monoisotopic (exact) mass is 443 g/mol. The summed E-state index contributed by atoms with van der Waals surface area (Å²) in [6.07, 6.45) is 2.53. The molecule has 2 aliphatic rings. The molecule has 0 unspecified atom stereocenters. The molecule has 0 saturated carbocycles. The highest BCUT2D eigenvalue weighted by atomic mass is 19.4. The highest BCUT2D eigenvalue weighted by molar-refractivity contribution is 5.99. The summed E-state index contributed by atoms with van der Waals surface area (Å²) >= 11 is 0. The summed E-state index contributed by atoms with van der Waals surface area (Å²) in [4.78, 5) is 24.6. The number of aromatic nitrogens is 5. The molecule has 32 heavy (non-hydrogen) atoms. The molecule has 1 amide bonds. The van der Waals surface area contributed by atoms with Crippen LogP contribution < -0.4 is 5.32 Å². The van der Waals surface area contributed by atoms with Gasteiger partial charge in [0.2, 0.25) is 5.95 Å². The van der Waals surface area contributed by atoms with Gasteiger partial charge >= 0.3 is 6.18 Å². The van der Waals surface area contributed by atoms with Gasteiger partial charge in [0.15, 0.2) is 0 Å². The van der Waals surface area contributed by atoms with Gasteiger partial charge in [0.25, 0.3) is 5.91 Å². The van der Waals surface area contributed by atoms with E-state index in [4.69, 9.17) is 0 Å². The molecule has 166 valence electrons. The number of alkyl halides is 3. The van der Waals surface area contributed by atoms with Gasteiger partial charge < -0.3 is 10.2 Å². The highest BCUT2D eigenvalue weighted by Crippen LogP contribution is 2.40. The average Bonchev–Trinajstić information content (AvgIpc) is 3.49. The first-order valence-electron chi connectivity index (χ1n) is 10.3. The number of hydrogen-bond acceptors (Lipinski definition) is 6. The van der Waals surface area contributed by atoms with E-state index in [2.05, 4.69) is 25.5 Å². The van der Waals surface area contributed by atoms with Gasteiger partial charge in [-0.2, -0.15) is 28.2 Å². The fraction of sp³-hybridized carbons (Fsp3) is 0.381. The molecule has 1 aromatic carbocycles. The lowest BCUT2D eigenvalue weighted by molar-refractivity contribution is -0.138. The predicted octanol–water partition coefficient (Wildman–Crippen LogP) is 3.24. The number of amides is 1. The number of aryl methyl sites for hydroxylation is 1. The molecule has 11 heteroatoms. The third-order valence-corrected chi connectivity index (χ3v) is 6.15. The minimum atomic E-state index is -4.48. The number of fused-ring (bicyclic) bond motifs is 2. The fourth-order valence-corrected chi connectivity index (χ4v) is 4.74. The normalized spacial score (nSPS) is 22.4. The summed E-state index contributed by atoms with van der Waals surface area (Å²) in [6.45, 7) is 1.90. The van der Waals surface area contributed by atoms with E-state index in [1.807, 2.05) is 24.0 Å². The van der Waals surface area contributed by atoms with Crippen molar-refractivity contribution in [3.63, 3.8) is 0 Å². The molecule has 5 rings (SSSR count). The Labute approximate surface area is 181 Å². The Morgan fingerprint density at radius 1 is 1.12 bits per heavy atom. The second-order valence-corrected chi connectivity index (χ2v) is 8.08. The maximum Gasteiger partial charge on any atom is 0.419 e. The number of carbonyl (C=O) groups is 1. The van der Waals surface area contributed by atoms with Crippen molar-refractivity contribution in [2.75, 3.05) is 5.32 Å². The molecular formula is C21H20F3N7O. The summed E-state index contributed by atoms with van der Waals surface area (Å²) in [5.41, 5.74) is 1.15. The molecule has 0 radical (unpaired) electrons. The zero-order valence-corrected chi connectivity index (χ0v) is 17.1. The molecule has 0 spiro atoms. The fourth-order valence-electron chi connectivity index (χ4n) is 4.74. The summed E-state index contributed by atoms with van der Waals surface area (Å²) in [6, 6.07) is 5.31. The molecule has 2 aromatic heterocycles. The van der Waals surface area contributed by atoms with Crippen LogP contribution in [0.4, 0.5) is 19.1 Å². The lowest BCUT2D eigenvalue weighted by Gasteiger charge is -2.26. The molecule has 2 saturated heterocycles. The summed E-state index contributed by atoms with van der Waals surface area (Å²) in [7, 11) is 0. The van der Waals surface area contributed by atoms with Crippen molar-refractivity contribution < 1.29 is 18.0 Å². The van der Waals surface area contributed by atoms with E-state index in [1.165, 1.54) is 4.80 Å². The Morgan fingerprint density at radius 2 is 1.84 bits per heavy atom. The van der Waals surface area contributed by atoms with Crippen LogP contribution in [-0.2, 0) is 6.18 Å². The first-order chi connectivity index (χ1) is 15.3. The number of halogens is 3. The number of hydrogen-bond donors (Lipinski definition) is 1. The highest BCUT2D eigenvalue weighted by Gasteiger charge is 2.49. The second-order valence-electron chi connectivity index (χ2n) is 8.08. The van der Waals surface area contributed by atoms with Gasteiger partial charge in [0.05, 0.1) is 35.6 Å². The van der Waals surface area contributed by atoms with Crippen LogP contribution in [0.25, 0.3) is 5.69 Å². The van der Waals surface area contributed by atoms with Crippen LogP contribution in [0.2, 0.25) is 0 Å². The van der Waals surface area contributed by atoms with E-state index in [9.17, 15) is 18.0 Å². The van der Waals surface area contributed by atoms with E-state index in [0.29, 0.717) is 17.7 Å². The number of benzene rings is 1. The smallest absolute Gasteiger partial charge is 0.349 e. The molecule has 2 aliphatic heterocycles. The quantitative estimate of drug-likeness (QED) is 0.666. The average molecular weight is 443 g/mol. The van der Waals surface area contributed by atoms with Crippen molar-refractivity contribution in [2.24, 2.45) is 0 Å². The first kappa shape index (κ1) is 20.4. The number of carbonyl (C=O) groups excluding carboxylic acids is 1. The molecule has 1 N–H and O–H groups in total. The number of nitrogens with one attached hydrogen (secondary N) is 1. The summed E-state index contributed by atoms with van der Waals surface area (Å²) < 4.78 is 38.3. The largest absolute Gasteiger partial charge is 0.419 e. The molecule has 3 atom stereocenters. The lowest BCUT2D eigenvalue weighted by Crippen LogP contribution is -2.40. The Balaban J connectivity index is 1.38. The Hall–Kier alpha value is -3.50. The summed E-state index contributed by atoms with van der Waals surface area (Å²) in [5, 5.41) is 11.5. The van der Waals surface area contributed by atoms with Gasteiger partial charge in [-0.05, 0) is 37.8 Å². The molecule has 0 aliphatic carbocycles. The molecule has 3 aromatic rings. The van der Waals surface area contributed by atoms with Crippen molar-refractivity contribution in [2.45, 2.75) is 50.5 Å². The van der Waals surface area contributed by atoms with Crippen LogP contribution in [-0.4, -0.2) is 53.9 Å². The predicted molar refractivity (Wildman–Crippen MR) is 108 cm³/mol. The van der Waals surface area contributed by atoms with Crippen LogP contribution in [0.1, 0.15) is 40.7 Å². The van der Waals surface area contributed by atoms with Crippen molar-refractivity contribution in [3.8, 4) is 5.69 Å². The van der Waals surface area contributed by atoms with Gasteiger partial charge in [0.1, 0.15) is 5.69 Å². The second kappa shape index (κ2) is 7.57. The van der Waals surface area contributed by atoms with E-state index < -0.39 is 11.7 Å². The van der Waals surface area contributed by atoms with Crippen LogP contribution in [0.3, 0.4) is 0 Å². The topological polar surface area (TPSA) is 88.8 Å². The summed E-state index contributed by atoms with van der Waals surface area (Å²) in [5.74, 6) is 0.0195. The Bertz CT molecular complexity index is 1130. The minimum Gasteiger partial charge on any atom is -0.349 e. The molecule has 4 heterocycles. The van der Waals surface area contributed by atoms with Gasteiger partial charge in [-0.15, -0.1) is 0 Å². The number of rotatable bonds is 4. The van der Waals surface area contributed by atoms with Crippen LogP contribution in [0.5, 0.6) is 0 Å². The van der Waals surface area contributed by atoms with Gasteiger partial charge in [-0.25, -0.2) is 9.97 Å². The van der Waals surface area contributed by atoms with Gasteiger partial charge in [-0.1, -0.05) is 12.1 Å². The molecular weight excluding hydrogens is 423 g/mol. The van der Waals surface area contributed by atoms with Crippen LogP contribution in [0, 0.1) is 6.92 Å². The zero-order chi connectivity index (χ0) is 22.5. The maximum absolute atomic E-state index is 13.6.